The van der Waals surface area contributed by atoms with E-state index >= 15 is 0 Å². The quantitative estimate of drug-likeness (QED) is 0.569. The third-order valence-electron chi connectivity index (χ3n) is 4.55. The number of para-hydroxylation sites is 2. The number of hydrogen-bond acceptors (Lipinski definition) is 5. The molecule has 3 rings (SSSR count). The fourth-order valence-corrected chi connectivity index (χ4v) is 5.48. The first-order chi connectivity index (χ1) is 14.3. The molecule has 0 bridgehead atoms. The maximum atomic E-state index is 12.6. The van der Waals surface area contributed by atoms with Crippen molar-refractivity contribution in [2.24, 2.45) is 0 Å². The van der Waals surface area contributed by atoms with Crippen molar-refractivity contribution >= 4 is 56.6 Å². The molecule has 2 aromatic carbocycles. The van der Waals surface area contributed by atoms with Gasteiger partial charge in [0.1, 0.15) is 5.75 Å². The Morgan fingerprint density at radius 2 is 2.03 bits per heavy atom. The van der Waals surface area contributed by atoms with Crippen LogP contribution in [-0.2, 0) is 20.6 Å². The van der Waals surface area contributed by atoms with E-state index in [1.807, 2.05) is 6.07 Å². The normalized spacial score (nSPS) is 16.0. The zero-order valence-electron chi connectivity index (χ0n) is 16.3. The molecule has 1 atom stereocenters. The zero-order chi connectivity index (χ0) is 21.7. The molecular weight excluding hydrogens is 467 g/mol. The summed E-state index contributed by atoms with van der Waals surface area (Å²) in [5.74, 6) is 1.35. The molecule has 0 spiro atoms. The lowest BCUT2D eigenvalue weighted by atomic mass is 10.2. The first-order valence-corrected chi connectivity index (χ1v) is 12.9. The number of anilines is 1. The van der Waals surface area contributed by atoms with Crippen molar-refractivity contribution in [2.45, 2.75) is 18.8 Å². The number of rotatable bonds is 8. The molecule has 1 aliphatic rings. The van der Waals surface area contributed by atoms with E-state index in [0.717, 1.165) is 5.56 Å². The lowest BCUT2D eigenvalue weighted by Crippen LogP contribution is -2.51. The van der Waals surface area contributed by atoms with Crippen molar-refractivity contribution in [2.75, 3.05) is 28.9 Å². The summed E-state index contributed by atoms with van der Waals surface area (Å²) in [6, 6.07) is 12.2. The van der Waals surface area contributed by atoms with Crippen LogP contribution in [0.3, 0.4) is 0 Å². The van der Waals surface area contributed by atoms with Crippen molar-refractivity contribution < 1.29 is 17.9 Å². The van der Waals surface area contributed by atoms with Gasteiger partial charge in [0.2, 0.25) is 10.0 Å². The molecule has 0 unspecified atom stereocenters. The van der Waals surface area contributed by atoms with E-state index in [4.69, 9.17) is 27.9 Å². The van der Waals surface area contributed by atoms with E-state index in [-0.39, 0.29) is 18.2 Å². The fraction of sp³-hybridized carbons (Fsp3) is 0.350. The second-order valence-electron chi connectivity index (χ2n) is 6.59. The predicted octanol–water partition coefficient (Wildman–Crippen LogP) is 3.96. The molecule has 2 aromatic rings. The van der Waals surface area contributed by atoms with E-state index in [1.165, 1.54) is 4.31 Å². The molecule has 0 fully saturated rings. The molecule has 162 valence electrons. The number of ether oxygens (including phenoxy) is 1. The van der Waals surface area contributed by atoms with Crippen molar-refractivity contribution in [1.82, 2.24) is 5.32 Å². The third kappa shape index (κ3) is 5.55. The van der Waals surface area contributed by atoms with Gasteiger partial charge in [0, 0.05) is 28.1 Å². The molecule has 30 heavy (non-hydrogen) atoms. The average Bonchev–Trinajstić information content (AvgIpc) is 2.73. The van der Waals surface area contributed by atoms with Gasteiger partial charge in [-0.05, 0) is 36.8 Å². The van der Waals surface area contributed by atoms with Crippen LogP contribution in [-0.4, -0.2) is 45.0 Å². The van der Waals surface area contributed by atoms with Gasteiger partial charge in [0.05, 0.1) is 18.0 Å². The average molecular weight is 489 g/mol. The summed E-state index contributed by atoms with van der Waals surface area (Å²) in [6.45, 7) is 1.95. The van der Waals surface area contributed by atoms with E-state index in [9.17, 15) is 13.2 Å². The molecule has 1 heterocycles. The van der Waals surface area contributed by atoms with Crippen LogP contribution in [0, 0.1) is 0 Å². The lowest BCUT2D eigenvalue weighted by Gasteiger charge is -2.34. The number of benzene rings is 2. The predicted molar refractivity (Wildman–Crippen MR) is 123 cm³/mol. The molecular formula is C20H22Cl2N2O4S2. The van der Waals surface area contributed by atoms with Gasteiger partial charge in [-0.3, -0.25) is 9.10 Å². The van der Waals surface area contributed by atoms with Crippen LogP contribution in [0.2, 0.25) is 10.0 Å². The highest BCUT2D eigenvalue weighted by Crippen LogP contribution is 2.35. The molecule has 1 N–H and O–H groups in total. The highest BCUT2D eigenvalue weighted by atomic mass is 35.5. The maximum Gasteiger partial charge on any atom is 0.263 e. The summed E-state index contributed by atoms with van der Waals surface area (Å²) < 4.78 is 32.0. The zero-order valence-corrected chi connectivity index (χ0v) is 19.5. The minimum absolute atomic E-state index is 0.0491. The third-order valence-corrected chi connectivity index (χ3v) is 7.89. The van der Waals surface area contributed by atoms with Gasteiger partial charge in [0.15, 0.2) is 6.10 Å². The Morgan fingerprint density at radius 1 is 1.27 bits per heavy atom. The first-order valence-electron chi connectivity index (χ1n) is 9.37. The Kier molecular flexibility index (Phi) is 7.79. The molecule has 1 amide bonds. The van der Waals surface area contributed by atoms with Crippen LogP contribution in [0.15, 0.2) is 42.5 Å². The fourth-order valence-electron chi connectivity index (χ4n) is 2.94. The molecule has 0 saturated heterocycles. The van der Waals surface area contributed by atoms with Crippen LogP contribution in [0.25, 0.3) is 0 Å². The maximum absolute atomic E-state index is 12.6. The lowest BCUT2D eigenvalue weighted by molar-refractivity contribution is -0.127. The van der Waals surface area contributed by atoms with Gasteiger partial charge in [-0.15, -0.1) is 0 Å². The Bertz CT molecular complexity index is 1020. The van der Waals surface area contributed by atoms with Crippen LogP contribution < -0.4 is 14.4 Å². The largest absolute Gasteiger partial charge is 0.476 e. The van der Waals surface area contributed by atoms with Crippen molar-refractivity contribution in [3.05, 3.63) is 58.1 Å². The summed E-state index contributed by atoms with van der Waals surface area (Å²) >= 11 is 13.7. The summed E-state index contributed by atoms with van der Waals surface area (Å²) in [4.78, 5) is 12.6. The Hall–Kier alpha value is -1.61. The molecule has 0 radical (unpaired) electrons. The SMILES string of the molecule is CCS(=O)(=O)N1C[C@@H](C(=O)NCCSCc2ccc(Cl)cc2Cl)Oc2ccccc21. The first kappa shape index (κ1) is 23.1. The molecule has 0 aliphatic carbocycles. The Balaban J connectivity index is 1.54. The second kappa shape index (κ2) is 10.1. The number of carbonyl (C=O) groups is 1. The Morgan fingerprint density at radius 3 is 2.77 bits per heavy atom. The van der Waals surface area contributed by atoms with E-state index in [0.29, 0.717) is 39.5 Å². The van der Waals surface area contributed by atoms with Gasteiger partial charge in [-0.1, -0.05) is 41.4 Å². The summed E-state index contributed by atoms with van der Waals surface area (Å²) in [7, 11) is -3.52. The number of nitrogens with zero attached hydrogens (tertiary/aromatic N) is 1. The number of sulfonamides is 1. The van der Waals surface area contributed by atoms with Crippen molar-refractivity contribution in [1.29, 1.82) is 0 Å². The van der Waals surface area contributed by atoms with E-state index < -0.39 is 16.1 Å². The highest BCUT2D eigenvalue weighted by molar-refractivity contribution is 7.98. The van der Waals surface area contributed by atoms with Gasteiger partial charge in [-0.25, -0.2) is 8.42 Å². The molecule has 0 aromatic heterocycles. The summed E-state index contributed by atoms with van der Waals surface area (Å²) in [5, 5.41) is 4.03. The molecule has 10 heteroatoms. The number of halogens is 2. The monoisotopic (exact) mass is 488 g/mol. The van der Waals surface area contributed by atoms with E-state index in [1.54, 1.807) is 55.1 Å². The number of thioether (sulfide) groups is 1. The number of amides is 1. The number of fused-ring (bicyclic) bond motifs is 1. The topological polar surface area (TPSA) is 75.7 Å². The van der Waals surface area contributed by atoms with Crippen LogP contribution in [0.4, 0.5) is 5.69 Å². The van der Waals surface area contributed by atoms with E-state index in [2.05, 4.69) is 5.32 Å². The summed E-state index contributed by atoms with van der Waals surface area (Å²) in [6.07, 6.45) is -0.906. The van der Waals surface area contributed by atoms with Gasteiger partial charge in [-0.2, -0.15) is 11.8 Å². The van der Waals surface area contributed by atoms with Gasteiger partial charge < -0.3 is 10.1 Å². The molecule has 6 nitrogen and oxygen atoms in total. The van der Waals surface area contributed by atoms with Crippen molar-refractivity contribution in [3.8, 4) is 5.75 Å². The standard InChI is InChI=1S/C20H22Cl2N2O4S2/c1-2-30(26,27)24-12-19(28-18-6-4-3-5-17(18)24)20(25)23-9-10-29-13-14-7-8-15(21)11-16(14)22/h3-8,11,19H,2,9-10,12-13H2,1H3,(H,23,25)/t19-/m0/s1. The minimum atomic E-state index is -3.52. The van der Waals surface area contributed by atoms with Crippen LogP contribution in [0.5, 0.6) is 5.75 Å². The van der Waals surface area contributed by atoms with Crippen LogP contribution in [0.1, 0.15) is 12.5 Å². The highest BCUT2D eigenvalue weighted by Gasteiger charge is 2.35. The van der Waals surface area contributed by atoms with Gasteiger partial charge >= 0.3 is 0 Å². The van der Waals surface area contributed by atoms with Crippen molar-refractivity contribution in [3.63, 3.8) is 0 Å². The summed E-state index contributed by atoms with van der Waals surface area (Å²) in [5.41, 5.74) is 1.43. The van der Waals surface area contributed by atoms with Gasteiger partial charge in [0.25, 0.3) is 5.91 Å². The molecule has 1 aliphatic heterocycles. The smallest absolute Gasteiger partial charge is 0.263 e. The Labute approximate surface area is 190 Å². The number of carbonyl (C=O) groups excluding carboxylic acids is 1. The second-order valence-corrected chi connectivity index (χ2v) is 10.7. The minimum Gasteiger partial charge on any atom is -0.476 e. The molecule has 0 saturated carbocycles. The number of hydrogen-bond donors (Lipinski definition) is 1. The number of nitrogens with one attached hydrogen (secondary N) is 1. The van der Waals surface area contributed by atoms with Crippen LogP contribution >= 0.6 is 35.0 Å².